The maximum Gasteiger partial charge on any atom is 0.269 e. The number of nitrogens with zero attached hydrogens (tertiary/aromatic N) is 6. The Morgan fingerprint density at radius 2 is 1.57 bits per heavy atom. The summed E-state index contributed by atoms with van der Waals surface area (Å²) in [5.41, 5.74) is 5.95. The smallest absolute Gasteiger partial charge is 0.269 e. The van der Waals surface area contributed by atoms with Crippen LogP contribution in [0.1, 0.15) is 54.6 Å². The summed E-state index contributed by atoms with van der Waals surface area (Å²) in [6.07, 6.45) is 6.84. The van der Waals surface area contributed by atoms with Crippen molar-refractivity contribution in [3.05, 3.63) is 46.6 Å². The Bertz CT molecular complexity index is 1110. The van der Waals surface area contributed by atoms with E-state index in [-0.39, 0.29) is 11.8 Å². The highest BCUT2D eigenvalue weighted by Gasteiger charge is 2.32. The topological polar surface area (TPSA) is 112 Å². The number of hydrogen-bond acceptors (Lipinski definition) is 8. The zero-order valence-electron chi connectivity index (χ0n) is 21.1. The molecule has 1 aromatic carbocycles. The highest BCUT2D eigenvalue weighted by atomic mass is 35.5. The average Bonchev–Trinajstić information content (AvgIpc) is 2.94. The van der Waals surface area contributed by atoms with Crippen molar-refractivity contribution in [2.45, 2.75) is 56.7 Å². The number of rotatable bonds is 6. The molecule has 196 valence electrons. The molecule has 37 heavy (non-hydrogen) atoms. The van der Waals surface area contributed by atoms with E-state index in [1.807, 2.05) is 12.1 Å². The average molecular weight is 524 g/mol. The molecule has 3 fully saturated rings. The first kappa shape index (κ1) is 25.7. The fourth-order valence-corrected chi connectivity index (χ4v) is 6.15. The van der Waals surface area contributed by atoms with Gasteiger partial charge in [-0.1, -0.05) is 11.6 Å². The Labute approximate surface area is 223 Å². The zero-order chi connectivity index (χ0) is 25.8. The van der Waals surface area contributed by atoms with Crippen LogP contribution < -0.4 is 15.4 Å². The van der Waals surface area contributed by atoms with E-state index < -0.39 is 5.91 Å². The van der Waals surface area contributed by atoms with E-state index in [2.05, 4.69) is 31.0 Å². The molecule has 5 rings (SSSR count). The lowest BCUT2D eigenvalue weighted by Crippen LogP contribution is -2.55. The molecule has 2 aliphatic heterocycles. The third kappa shape index (κ3) is 6.15. The number of amides is 1. The van der Waals surface area contributed by atoms with Crippen LogP contribution in [0.3, 0.4) is 0 Å². The monoisotopic (exact) mass is 523 g/mol. The second-order valence-corrected chi connectivity index (χ2v) is 10.6. The third-order valence-corrected chi connectivity index (χ3v) is 8.39. The van der Waals surface area contributed by atoms with Crippen LogP contribution in [-0.4, -0.2) is 83.4 Å². The van der Waals surface area contributed by atoms with E-state index in [4.69, 9.17) is 27.3 Å². The Hall–Kier alpha value is -2.93. The van der Waals surface area contributed by atoms with E-state index in [1.54, 1.807) is 18.2 Å². The van der Waals surface area contributed by atoms with Gasteiger partial charge < -0.3 is 15.4 Å². The van der Waals surface area contributed by atoms with Gasteiger partial charge in [-0.05, 0) is 62.8 Å². The van der Waals surface area contributed by atoms with Gasteiger partial charge in [-0.3, -0.25) is 14.6 Å². The van der Waals surface area contributed by atoms with Crippen molar-refractivity contribution in [1.82, 2.24) is 20.0 Å². The summed E-state index contributed by atoms with van der Waals surface area (Å²) in [7, 11) is 0. The first-order chi connectivity index (χ1) is 18.0. The SMILES string of the molecule is N#Cc1ccc(OC2CCC(N3CCN(C4CCN(c5ccc(C(N)=O)nn5)CC4)CC3)CC2)cc1Cl. The third-order valence-electron chi connectivity index (χ3n) is 8.08. The van der Waals surface area contributed by atoms with E-state index in [9.17, 15) is 4.79 Å². The van der Waals surface area contributed by atoms with Gasteiger partial charge in [0.1, 0.15) is 11.8 Å². The van der Waals surface area contributed by atoms with Crippen LogP contribution in [0.25, 0.3) is 0 Å². The number of carbonyl (C=O) groups excluding carboxylic acids is 1. The summed E-state index contributed by atoms with van der Waals surface area (Å²) < 4.78 is 6.17. The molecule has 1 aromatic heterocycles. The summed E-state index contributed by atoms with van der Waals surface area (Å²) in [6.45, 7) is 6.40. The van der Waals surface area contributed by atoms with E-state index >= 15 is 0 Å². The highest BCUT2D eigenvalue weighted by Crippen LogP contribution is 2.30. The van der Waals surface area contributed by atoms with Crippen LogP contribution in [0.15, 0.2) is 30.3 Å². The molecule has 1 amide bonds. The van der Waals surface area contributed by atoms with Gasteiger partial charge in [0.2, 0.25) is 0 Å². The second-order valence-electron chi connectivity index (χ2n) is 10.2. The first-order valence-electron chi connectivity index (χ1n) is 13.2. The van der Waals surface area contributed by atoms with Gasteiger partial charge in [-0.25, -0.2) is 0 Å². The van der Waals surface area contributed by atoms with Gasteiger partial charge in [0.25, 0.3) is 5.91 Å². The van der Waals surface area contributed by atoms with Crippen molar-refractivity contribution in [2.24, 2.45) is 5.73 Å². The molecule has 2 N–H and O–H groups in total. The standard InChI is InChI=1S/C27H34ClN7O2/c28-24-17-23(4-1-19(24)18-29)37-22-5-2-20(3-6-22)33-13-15-34(16-14-33)21-9-11-35(12-10-21)26-8-7-25(27(30)36)31-32-26/h1,4,7-8,17,20-22H,2-3,5-6,9-16H2,(H2,30,36). The summed E-state index contributed by atoms with van der Waals surface area (Å²) in [5, 5.41) is 17.6. The van der Waals surface area contributed by atoms with Crippen LogP contribution in [0.5, 0.6) is 5.75 Å². The van der Waals surface area contributed by atoms with Crippen LogP contribution in [0, 0.1) is 11.3 Å². The number of hydrogen-bond donors (Lipinski definition) is 1. The second kappa shape index (κ2) is 11.6. The van der Waals surface area contributed by atoms with Crippen molar-refractivity contribution in [2.75, 3.05) is 44.2 Å². The van der Waals surface area contributed by atoms with Crippen molar-refractivity contribution in [1.29, 1.82) is 5.26 Å². The molecule has 2 saturated heterocycles. The Kier molecular flexibility index (Phi) is 8.08. The number of halogens is 1. The molecule has 0 spiro atoms. The lowest BCUT2D eigenvalue weighted by Gasteiger charge is -2.46. The van der Waals surface area contributed by atoms with Gasteiger partial charge in [0, 0.05) is 57.4 Å². The molecule has 0 unspecified atom stereocenters. The number of nitriles is 1. The zero-order valence-corrected chi connectivity index (χ0v) is 21.8. The van der Waals surface area contributed by atoms with Crippen molar-refractivity contribution in [3.63, 3.8) is 0 Å². The Balaban J connectivity index is 1.03. The molecule has 0 radical (unpaired) electrons. The van der Waals surface area contributed by atoms with Crippen LogP contribution in [0.2, 0.25) is 5.02 Å². The van der Waals surface area contributed by atoms with E-state index in [0.717, 1.165) is 89.4 Å². The lowest BCUT2D eigenvalue weighted by molar-refractivity contribution is 0.0333. The molecule has 10 heteroatoms. The summed E-state index contributed by atoms with van der Waals surface area (Å²) in [5.74, 6) is 1.02. The fourth-order valence-electron chi connectivity index (χ4n) is 5.93. The number of primary amides is 1. The maximum atomic E-state index is 11.2. The highest BCUT2D eigenvalue weighted by molar-refractivity contribution is 6.31. The van der Waals surface area contributed by atoms with E-state index in [1.165, 1.54) is 0 Å². The summed E-state index contributed by atoms with van der Waals surface area (Å²) in [4.78, 5) is 18.8. The van der Waals surface area contributed by atoms with Crippen molar-refractivity contribution >= 4 is 23.3 Å². The van der Waals surface area contributed by atoms with E-state index in [0.29, 0.717) is 22.7 Å². The number of anilines is 1. The molecular formula is C27H34ClN7O2. The summed E-state index contributed by atoms with van der Waals surface area (Å²) in [6, 6.07) is 12.1. The molecule has 2 aromatic rings. The number of benzene rings is 1. The maximum absolute atomic E-state index is 11.2. The summed E-state index contributed by atoms with van der Waals surface area (Å²) >= 11 is 6.15. The van der Waals surface area contributed by atoms with Gasteiger partial charge in [0.15, 0.2) is 11.5 Å². The normalized spacial score (nSPS) is 23.9. The van der Waals surface area contributed by atoms with Gasteiger partial charge in [0.05, 0.1) is 16.7 Å². The van der Waals surface area contributed by atoms with Crippen LogP contribution in [-0.2, 0) is 0 Å². The molecule has 3 heterocycles. The Morgan fingerprint density at radius 1 is 0.919 bits per heavy atom. The van der Waals surface area contributed by atoms with Crippen LogP contribution in [0.4, 0.5) is 5.82 Å². The van der Waals surface area contributed by atoms with Gasteiger partial charge >= 0.3 is 0 Å². The van der Waals surface area contributed by atoms with Crippen molar-refractivity contribution < 1.29 is 9.53 Å². The van der Waals surface area contributed by atoms with Gasteiger partial charge in [-0.15, -0.1) is 10.2 Å². The predicted octanol–water partition coefficient (Wildman–Crippen LogP) is 3.08. The molecule has 0 bridgehead atoms. The van der Waals surface area contributed by atoms with Crippen molar-refractivity contribution in [3.8, 4) is 11.8 Å². The largest absolute Gasteiger partial charge is 0.490 e. The number of ether oxygens (including phenoxy) is 1. The number of carbonyl (C=O) groups is 1. The minimum atomic E-state index is -0.549. The molecular weight excluding hydrogens is 490 g/mol. The molecule has 3 aliphatic rings. The van der Waals surface area contributed by atoms with Crippen LogP contribution >= 0.6 is 11.6 Å². The fraction of sp³-hybridized carbons (Fsp3) is 0.556. The molecule has 0 atom stereocenters. The Morgan fingerprint density at radius 3 is 2.11 bits per heavy atom. The molecule has 9 nitrogen and oxygen atoms in total. The number of piperidine rings is 1. The number of piperazine rings is 1. The minimum absolute atomic E-state index is 0.203. The molecule has 1 saturated carbocycles. The minimum Gasteiger partial charge on any atom is -0.490 e. The predicted molar refractivity (Wildman–Crippen MR) is 142 cm³/mol. The number of aromatic nitrogens is 2. The lowest BCUT2D eigenvalue weighted by atomic mass is 9.91. The van der Waals surface area contributed by atoms with Gasteiger partial charge in [-0.2, -0.15) is 5.26 Å². The quantitative estimate of drug-likeness (QED) is 0.615. The number of nitrogens with two attached hydrogens (primary N) is 1. The molecule has 1 aliphatic carbocycles. The first-order valence-corrected chi connectivity index (χ1v) is 13.6.